The summed E-state index contributed by atoms with van der Waals surface area (Å²) < 4.78 is 0. The fourth-order valence-corrected chi connectivity index (χ4v) is 4.70. The Balaban J connectivity index is 1.50. The van der Waals surface area contributed by atoms with E-state index >= 15 is 0 Å². The molecule has 6 heteroatoms. The molecule has 0 unspecified atom stereocenters. The number of thioether (sulfide) groups is 1. The van der Waals surface area contributed by atoms with Crippen LogP contribution in [0.1, 0.15) is 22.8 Å². The molecule has 0 saturated carbocycles. The smallest absolute Gasteiger partial charge is 0.253 e. The Labute approximate surface area is 170 Å². The van der Waals surface area contributed by atoms with E-state index in [1.54, 1.807) is 11.8 Å². The lowest BCUT2D eigenvalue weighted by molar-refractivity contribution is -0.116. The predicted molar refractivity (Wildman–Crippen MR) is 113 cm³/mol. The van der Waals surface area contributed by atoms with Crippen molar-refractivity contribution in [3.8, 4) is 0 Å². The second kappa shape index (κ2) is 8.37. The normalized spacial score (nSPS) is 17.5. The van der Waals surface area contributed by atoms with Gasteiger partial charge in [-0.3, -0.25) is 9.59 Å². The molecule has 2 aliphatic rings. The van der Waals surface area contributed by atoms with Crippen molar-refractivity contribution in [2.24, 2.45) is 0 Å². The molecule has 2 aromatic rings. The first-order chi connectivity index (χ1) is 13.7. The maximum atomic E-state index is 12.9. The van der Waals surface area contributed by atoms with Gasteiger partial charge >= 0.3 is 0 Å². The van der Waals surface area contributed by atoms with Gasteiger partial charge in [-0.15, -0.1) is 11.8 Å². The monoisotopic (exact) mass is 395 g/mol. The SMILES string of the molecule is CCN1CCN(C(=O)c2cccc(CN3C(=O)CSc4ccccc43)c2)CC1. The zero-order valence-corrected chi connectivity index (χ0v) is 17.0. The van der Waals surface area contributed by atoms with E-state index in [4.69, 9.17) is 0 Å². The number of hydrogen-bond donors (Lipinski definition) is 0. The van der Waals surface area contributed by atoms with Crippen LogP contribution >= 0.6 is 11.8 Å². The number of carbonyl (C=O) groups is 2. The molecule has 1 fully saturated rings. The first kappa shape index (κ1) is 19.0. The second-order valence-electron chi connectivity index (χ2n) is 7.16. The molecule has 0 atom stereocenters. The van der Waals surface area contributed by atoms with Crippen molar-refractivity contribution in [3.63, 3.8) is 0 Å². The first-order valence-corrected chi connectivity index (χ1v) is 10.8. The molecule has 1 saturated heterocycles. The molecular formula is C22H25N3O2S. The topological polar surface area (TPSA) is 43.9 Å². The third kappa shape index (κ3) is 3.93. The van der Waals surface area contributed by atoms with Crippen LogP contribution in [-0.2, 0) is 11.3 Å². The lowest BCUT2D eigenvalue weighted by Gasteiger charge is -2.34. The minimum atomic E-state index is 0.0820. The zero-order valence-electron chi connectivity index (χ0n) is 16.1. The van der Waals surface area contributed by atoms with Crippen molar-refractivity contribution in [2.45, 2.75) is 18.4 Å². The van der Waals surface area contributed by atoms with Crippen LogP contribution in [0.15, 0.2) is 53.4 Å². The number of nitrogens with zero attached hydrogens (tertiary/aromatic N) is 3. The quantitative estimate of drug-likeness (QED) is 0.798. The van der Waals surface area contributed by atoms with E-state index in [0.717, 1.165) is 48.9 Å². The van der Waals surface area contributed by atoms with Crippen LogP contribution in [0.2, 0.25) is 0 Å². The standard InChI is InChI=1S/C22H25N3O2S/c1-2-23-10-12-24(13-11-23)22(27)18-7-5-6-17(14-18)15-25-19-8-3-4-9-20(19)28-16-21(25)26/h3-9,14H,2,10-13,15-16H2,1H3. The lowest BCUT2D eigenvalue weighted by Crippen LogP contribution is -2.48. The number of hydrogen-bond acceptors (Lipinski definition) is 4. The van der Waals surface area contributed by atoms with Crippen molar-refractivity contribution in [2.75, 3.05) is 43.4 Å². The van der Waals surface area contributed by atoms with E-state index in [9.17, 15) is 9.59 Å². The molecule has 0 spiro atoms. The molecule has 2 heterocycles. The van der Waals surface area contributed by atoms with Crippen molar-refractivity contribution in [3.05, 3.63) is 59.7 Å². The summed E-state index contributed by atoms with van der Waals surface area (Å²) in [5.41, 5.74) is 2.64. The van der Waals surface area contributed by atoms with Crippen molar-refractivity contribution in [1.29, 1.82) is 0 Å². The number of anilines is 1. The highest BCUT2D eigenvalue weighted by Crippen LogP contribution is 2.35. The van der Waals surface area contributed by atoms with Crippen LogP contribution < -0.4 is 4.90 Å². The summed E-state index contributed by atoms with van der Waals surface area (Å²) in [6.45, 7) is 7.07. The Morgan fingerprint density at radius 2 is 1.82 bits per heavy atom. The fraction of sp³-hybridized carbons (Fsp3) is 0.364. The Hall–Kier alpha value is -2.31. The number of likely N-dealkylation sites (N-methyl/N-ethyl adjacent to an activating group) is 1. The first-order valence-electron chi connectivity index (χ1n) is 9.78. The second-order valence-corrected chi connectivity index (χ2v) is 8.18. The van der Waals surface area contributed by atoms with E-state index in [2.05, 4.69) is 17.9 Å². The molecule has 146 valence electrons. The van der Waals surface area contributed by atoms with E-state index < -0.39 is 0 Å². The van der Waals surface area contributed by atoms with Gasteiger partial charge in [0, 0.05) is 36.6 Å². The summed E-state index contributed by atoms with van der Waals surface area (Å²) in [5.74, 6) is 0.645. The molecule has 2 amide bonds. The number of amides is 2. The zero-order chi connectivity index (χ0) is 19.5. The molecule has 0 N–H and O–H groups in total. The van der Waals surface area contributed by atoms with Crippen LogP contribution in [0, 0.1) is 0 Å². The summed E-state index contributed by atoms with van der Waals surface area (Å²) in [5, 5.41) is 0. The number of rotatable bonds is 4. The summed E-state index contributed by atoms with van der Waals surface area (Å²) >= 11 is 1.58. The Morgan fingerprint density at radius 1 is 1.04 bits per heavy atom. The number of carbonyl (C=O) groups excluding carboxylic acids is 2. The van der Waals surface area contributed by atoms with Gasteiger partial charge in [0.1, 0.15) is 0 Å². The van der Waals surface area contributed by atoms with Gasteiger partial charge in [-0.1, -0.05) is 31.2 Å². The summed E-state index contributed by atoms with van der Waals surface area (Å²) in [6.07, 6.45) is 0. The molecule has 0 aliphatic carbocycles. The number of para-hydroxylation sites is 1. The molecule has 28 heavy (non-hydrogen) atoms. The summed E-state index contributed by atoms with van der Waals surface area (Å²) in [7, 11) is 0. The molecule has 0 radical (unpaired) electrons. The Morgan fingerprint density at radius 3 is 2.61 bits per heavy atom. The maximum absolute atomic E-state index is 12.9. The van der Waals surface area contributed by atoms with Crippen molar-refractivity contribution >= 4 is 29.3 Å². The van der Waals surface area contributed by atoms with Crippen LogP contribution in [0.5, 0.6) is 0 Å². The van der Waals surface area contributed by atoms with E-state index in [-0.39, 0.29) is 11.8 Å². The molecule has 0 aromatic heterocycles. The summed E-state index contributed by atoms with van der Waals surface area (Å²) in [6, 6.07) is 15.7. The van der Waals surface area contributed by atoms with Crippen LogP contribution in [0.25, 0.3) is 0 Å². The predicted octanol–water partition coefficient (Wildman–Crippen LogP) is 3.10. The van der Waals surface area contributed by atoms with Gasteiger partial charge in [-0.05, 0) is 36.4 Å². The lowest BCUT2D eigenvalue weighted by atomic mass is 10.1. The minimum Gasteiger partial charge on any atom is -0.336 e. The van der Waals surface area contributed by atoms with Gasteiger partial charge in [-0.2, -0.15) is 0 Å². The molecule has 2 aliphatic heterocycles. The van der Waals surface area contributed by atoms with Crippen molar-refractivity contribution < 1.29 is 9.59 Å². The average molecular weight is 396 g/mol. The number of piperazine rings is 1. The largest absolute Gasteiger partial charge is 0.336 e. The van der Waals surface area contributed by atoms with Gasteiger partial charge in [0.25, 0.3) is 5.91 Å². The highest BCUT2D eigenvalue weighted by Gasteiger charge is 2.25. The van der Waals surface area contributed by atoms with Gasteiger partial charge in [0.15, 0.2) is 0 Å². The third-order valence-electron chi connectivity index (χ3n) is 5.43. The van der Waals surface area contributed by atoms with Gasteiger partial charge < -0.3 is 14.7 Å². The van der Waals surface area contributed by atoms with Crippen LogP contribution in [0.4, 0.5) is 5.69 Å². The Bertz CT molecular complexity index is 878. The van der Waals surface area contributed by atoms with Crippen LogP contribution in [-0.4, -0.2) is 60.1 Å². The molecule has 0 bridgehead atoms. The highest BCUT2D eigenvalue weighted by molar-refractivity contribution is 8.00. The third-order valence-corrected chi connectivity index (χ3v) is 6.48. The molecule has 4 rings (SSSR count). The van der Waals surface area contributed by atoms with Gasteiger partial charge in [0.2, 0.25) is 5.91 Å². The fourth-order valence-electron chi connectivity index (χ4n) is 3.76. The van der Waals surface area contributed by atoms with Gasteiger partial charge in [-0.25, -0.2) is 0 Å². The number of fused-ring (bicyclic) bond motifs is 1. The molecule has 2 aromatic carbocycles. The van der Waals surface area contributed by atoms with E-state index in [0.29, 0.717) is 17.9 Å². The molecule has 5 nitrogen and oxygen atoms in total. The maximum Gasteiger partial charge on any atom is 0.253 e. The minimum absolute atomic E-state index is 0.0820. The number of benzene rings is 2. The summed E-state index contributed by atoms with van der Waals surface area (Å²) in [4.78, 5) is 32.7. The highest BCUT2D eigenvalue weighted by atomic mass is 32.2. The van der Waals surface area contributed by atoms with Crippen LogP contribution in [0.3, 0.4) is 0 Å². The Kier molecular flexibility index (Phi) is 5.69. The molecular weight excluding hydrogens is 370 g/mol. The van der Waals surface area contributed by atoms with E-state index in [1.807, 2.05) is 52.3 Å². The van der Waals surface area contributed by atoms with E-state index in [1.165, 1.54) is 0 Å². The van der Waals surface area contributed by atoms with Crippen molar-refractivity contribution in [1.82, 2.24) is 9.80 Å². The average Bonchev–Trinajstić information content (AvgIpc) is 2.75. The van der Waals surface area contributed by atoms with Gasteiger partial charge in [0.05, 0.1) is 18.0 Å².